The number of nitrogens with zero attached hydrogens (tertiary/aromatic N) is 1. The van der Waals surface area contributed by atoms with E-state index in [-0.39, 0.29) is 23.5 Å². The van der Waals surface area contributed by atoms with Crippen LogP contribution in [0.3, 0.4) is 0 Å². The molecule has 2 aliphatic rings. The van der Waals surface area contributed by atoms with E-state index in [4.69, 9.17) is 0 Å². The number of hydrogen-bond donors (Lipinski definition) is 0. The topological polar surface area (TPSA) is 54.5 Å². The molecule has 3 rings (SSSR count). The number of Topliss-reactive ketones (excluding diaryl/α,β-unsaturated/α-hetero) is 1. The molecule has 0 saturated carbocycles. The summed E-state index contributed by atoms with van der Waals surface area (Å²) < 4.78 is 0.931. The molecule has 0 N–H and O–H groups in total. The lowest BCUT2D eigenvalue weighted by Crippen LogP contribution is -2.29. The van der Waals surface area contributed by atoms with Gasteiger partial charge in [-0.05, 0) is 30.2 Å². The van der Waals surface area contributed by atoms with E-state index in [1.54, 1.807) is 6.08 Å². The Morgan fingerprint density at radius 1 is 1.14 bits per heavy atom. The number of carbonyl (C=O) groups excluding carboxylic acids is 3. The molecule has 4 nitrogen and oxygen atoms in total. The minimum absolute atomic E-state index is 0.0828. The molecular formula is C16H14BrNO3. The van der Waals surface area contributed by atoms with Gasteiger partial charge in [0.05, 0.1) is 11.8 Å². The second-order valence-electron chi connectivity index (χ2n) is 5.49. The number of ketones is 1. The van der Waals surface area contributed by atoms with Gasteiger partial charge in [0.2, 0.25) is 11.8 Å². The summed E-state index contributed by atoms with van der Waals surface area (Å²) in [5, 5.41) is 0. The zero-order valence-electron chi connectivity index (χ0n) is 11.7. The normalized spacial score (nSPS) is 27.9. The Bertz CT molecular complexity index is 677. The van der Waals surface area contributed by atoms with Crippen molar-refractivity contribution in [2.45, 2.75) is 12.8 Å². The van der Waals surface area contributed by atoms with Crippen molar-refractivity contribution in [3.63, 3.8) is 0 Å². The van der Waals surface area contributed by atoms with Crippen molar-refractivity contribution in [2.75, 3.05) is 7.05 Å². The van der Waals surface area contributed by atoms with Crippen LogP contribution >= 0.6 is 15.9 Å². The van der Waals surface area contributed by atoms with Crippen molar-refractivity contribution in [1.29, 1.82) is 0 Å². The molecule has 3 atom stereocenters. The average molecular weight is 348 g/mol. The van der Waals surface area contributed by atoms with E-state index >= 15 is 0 Å². The van der Waals surface area contributed by atoms with Gasteiger partial charge in [0.25, 0.3) is 0 Å². The summed E-state index contributed by atoms with van der Waals surface area (Å²) >= 11 is 3.37. The number of fused-ring (bicyclic) bond motifs is 1. The molecule has 2 amide bonds. The van der Waals surface area contributed by atoms with E-state index in [2.05, 4.69) is 15.9 Å². The molecule has 1 aromatic carbocycles. The average Bonchev–Trinajstić information content (AvgIpc) is 2.94. The first-order valence-corrected chi connectivity index (χ1v) is 7.50. The third kappa shape index (κ3) is 2.07. The molecule has 0 unspecified atom stereocenters. The molecule has 108 valence electrons. The van der Waals surface area contributed by atoms with Crippen LogP contribution in [-0.2, 0) is 14.4 Å². The molecule has 21 heavy (non-hydrogen) atoms. The van der Waals surface area contributed by atoms with Crippen molar-refractivity contribution in [2.24, 2.45) is 11.8 Å². The number of hydrogen-bond acceptors (Lipinski definition) is 3. The SMILES string of the molecule is CC(=O)C1=C[C@@H]2C(=O)N(C)C(=O)[C@@H]2[C@H]1c1ccc(Br)cc1. The monoisotopic (exact) mass is 347 g/mol. The third-order valence-electron chi connectivity index (χ3n) is 4.31. The Kier molecular flexibility index (Phi) is 3.32. The quantitative estimate of drug-likeness (QED) is 0.771. The van der Waals surface area contributed by atoms with E-state index in [9.17, 15) is 14.4 Å². The molecule has 1 aliphatic heterocycles. The Hall–Kier alpha value is -1.75. The van der Waals surface area contributed by atoms with Crippen LogP contribution in [0.1, 0.15) is 18.4 Å². The van der Waals surface area contributed by atoms with Gasteiger partial charge in [-0.25, -0.2) is 0 Å². The van der Waals surface area contributed by atoms with Crippen LogP contribution in [-0.4, -0.2) is 29.5 Å². The molecule has 1 aromatic rings. The highest BCUT2D eigenvalue weighted by Gasteiger charge is 2.54. The summed E-state index contributed by atoms with van der Waals surface area (Å²) in [4.78, 5) is 37.6. The second kappa shape index (κ2) is 4.91. The number of halogens is 1. The highest BCUT2D eigenvalue weighted by molar-refractivity contribution is 9.10. The van der Waals surface area contributed by atoms with Crippen LogP contribution < -0.4 is 0 Å². The summed E-state index contributed by atoms with van der Waals surface area (Å²) in [6, 6.07) is 7.55. The standard InChI is InChI=1S/C16H14BrNO3/c1-8(19)11-7-12-14(16(21)18(2)15(12)20)13(11)9-3-5-10(17)6-4-9/h3-7,12-14H,1-2H3/t12-,13-,14-/m0/s1. The molecule has 1 aliphatic carbocycles. The van der Waals surface area contributed by atoms with Crippen molar-refractivity contribution in [3.05, 3.63) is 46.0 Å². The van der Waals surface area contributed by atoms with Gasteiger partial charge >= 0.3 is 0 Å². The van der Waals surface area contributed by atoms with Gasteiger partial charge in [0.15, 0.2) is 5.78 Å². The number of rotatable bonds is 2. The lowest BCUT2D eigenvalue weighted by atomic mass is 9.81. The Morgan fingerprint density at radius 3 is 2.33 bits per heavy atom. The summed E-state index contributed by atoms with van der Waals surface area (Å²) in [6.07, 6.45) is 1.68. The Balaban J connectivity index is 2.10. The Morgan fingerprint density at radius 2 is 1.76 bits per heavy atom. The predicted molar refractivity (Wildman–Crippen MR) is 80.4 cm³/mol. The van der Waals surface area contributed by atoms with Gasteiger partial charge in [-0.15, -0.1) is 0 Å². The van der Waals surface area contributed by atoms with Gasteiger partial charge in [0.1, 0.15) is 0 Å². The van der Waals surface area contributed by atoms with E-state index in [1.165, 1.54) is 18.9 Å². The largest absolute Gasteiger partial charge is 0.295 e. The van der Waals surface area contributed by atoms with Gasteiger partial charge in [0, 0.05) is 17.4 Å². The third-order valence-corrected chi connectivity index (χ3v) is 4.84. The maximum absolute atomic E-state index is 12.4. The molecule has 1 heterocycles. The maximum Gasteiger partial charge on any atom is 0.236 e. The van der Waals surface area contributed by atoms with Crippen LogP contribution in [0.2, 0.25) is 0 Å². The molecule has 0 bridgehead atoms. The summed E-state index contributed by atoms with van der Waals surface area (Å²) in [5.41, 5.74) is 1.46. The second-order valence-corrected chi connectivity index (χ2v) is 6.41. The summed E-state index contributed by atoms with van der Waals surface area (Å²) in [6.45, 7) is 1.48. The van der Waals surface area contributed by atoms with Crippen LogP contribution in [0.5, 0.6) is 0 Å². The van der Waals surface area contributed by atoms with Crippen LogP contribution in [0, 0.1) is 11.8 Å². The smallest absolute Gasteiger partial charge is 0.236 e. The van der Waals surface area contributed by atoms with E-state index in [0.29, 0.717) is 5.57 Å². The highest BCUT2D eigenvalue weighted by Crippen LogP contribution is 2.48. The van der Waals surface area contributed by atoms with Crippen molar-refractivity contribution < 1.29 is 14.4 Å². The summed E-state index contributed by atoms with van der Waals surface area (Å²) in [5.74, 6) is -1.83. The lowest BCUT2D eigenvalue weighted by molar-refractivity contribution is -0.138. The number of imide groups is 1. The molecular weight excluding hydrogens is 334 g/mol. The van der Waals surface area contributed by atoms with Crippen LogP contribution in [0.15, 0.2) is 40.4 Å². The molecule has 5 heteroatoms. The minimum Gasteiger partial charge on any atom is -0.295 e. The van der Waals surface area contributed by atoms with Crippen LogP contribution in [0.4, 0.5) is 0 Å². The van der Waals surface area contributed by atoms with E-state index < -0.39 is 11.8 Å². The molecule has 0 spiro atoms. The first-order chi connectivity index (χ1) is 9.91. The maximum atomic E-state index is 12.4. The number of benzene rings is 1. The number of allylic oxidation sites excluding steroid dienone is 1. The van der Waals surface area contributed by atoms with E-state index in [1.807, 2.05) is 24.3 Å². The molecule has 1 saturated heterocycles. The summed E-state index contributed by atoms with van der Waals surface area (Å²) in [7, 11) is 1.50. The predicted octanol–water partition coefficient (Wildman–Crippen LogP) is 2.29. The number of likely N-dealkylation sites (tertiary alicyclic amines) is 1. The van der Waals surface area contributed by atoms with E-state index in [0.717, 1.165) is 10.0 Å². The fraction of sp³-hybridized carbons (Fsp3) is 0.312. The fourth-order valence-electron chi connectivity index (χ4n) is 3.27. The first-order valence-electron chi connectivity index (χ1n) is 6.71. The van der Waals surface area contributed by atoms with Crippen LogP contribution in [0.25, 0.3) is 0 Å². The minimum atomic E-state index is -0.505. The molecule has 1 fully saturated rings. The van der Waals surface area contributed by atoms with Gasteiger partial charge < -0.3 is 0 Å². The zero-order valence-corrected chi connectivity index (χ0v) is 13.3. The van der Waals surface area contributed by atoms with Crippen molar-refractivity contribution in [1.82, 2.24) is 4.90 Å². The fourth-order valence-corrected chi connectivity index (χ4v) is 3.54. The zero-order chi connectivity index (χ0) is 15.3. The lowest BCUT2D eigenvalue weighted by Gasteiger charge is -2.20. The van der Waals surface area contributed by atoms with Crippen molar-refractivity contribution >= 4 is 33.5 Å². The number of amides is 2. The molecule has 0 radical (unpaired) electrons. The first kappa shape index (κ1) is 14.2. The van der Waals surface area contributed by atoms with Gasteiger partial charge in [-0.3, -0.25) is 19.3 Å². The highest BCUT2D eigenvalue weighted by atomic mass is 79.9. The Labute approximate surface area is 130 Å². The number of carbonyl (C=O) groups is 3. The van der Waals surface area contributed by atoms with Crippen molar-refractivity contribution in [3.8, 4) is 0 Å². The van der Waals surface area contributed by atoms with Gasteiger partial charge in [-0.2, -0.15) is 0 Å². The molecule has 0 aromatic heterocycles. The van der Waals surface area contributed by atoms with Gasteiger partial charge in [-0.1, -0.05) is 34.1 Å².